The molecule has 0 unspecified atom stereocenters. The first kappa shape index (κ1) is 12.8. The Balaban J connectivity index is 2.17. The third-order valence-corrected chi connectivity index (χ3v) is 3.42. The van der Waals surface area contributed by atoms with Gasteiger partial charge in [-0.15, -0.1) is 11.3 Å². The van der Waals surface area contributed by atoms with Gasteiger partial charge in [0, 0.05) is 7.05 Å². The highest BCUT2D eigenvalue weighted by molar-refractivity contribution is 9.10. The summed E-state index contributed by atoms with van der Waals surface area (Å²) in [6, 6.07) is 4.83. The zero-order valence-corrected chi connectivity index (χ0v) is 11.7. The van der Waals surface area contributed by atoms with E-state index in [0.29, 0.717) is 15.2 Å². The Labute approximate surface area is 115 Å². The van der Waals surface area contributed by atoms with Crippen molar-refractivity contribution in [2.75, 3.05) is 12.4 Å². The summed E-state index contributed by atoms with van der Waals surface area (Å²) < 4.78 is 5.61. The van der Waals surface area contributed by atoms with Crippen LogP contribution in [0.2, 0.25) is 0 Å². The van der Waals surface area contributed by atoms with Gasteiger partial charge in [0.25, 0.3) is 11.8 Å². The van der Waals surface area contributed by atoms with Crippen LogP contribution in [0.3, 0.4) is 0 Å². The minimum Gasteiger partial charge on any atom is -0.444 e. The molecule has 2 heterocycles. The number of halogens is 1. The molecule has 0 bridgehead atoms. The summed E-state index contributed by atoms with van der Waals surface area (Å²) in [4.78, 5) is 23.4. The van der Waals surface area contributed by atoms with Crippen LogP contribution in [0.15, 0.2) is 32.7 Å². The molecule has 0 radical (unpaired) electrons. The van der Waals surface area contributed by atoms with Gasteiger partial charge in [-0.1, -0.05) is 0 Å². The zero-order chi connectivity index (χ0) is 13.1. The van der Waals surface area contributed by atoms with E-state index in [2.05, 4.69) is 26.6 Å². The van der Waals surface area contributed by atoms with Gasteiger partial charge >= 0.3 is 0 Å². The van der Waals surface area contributed by atoms with Gasteiger partial charge in [-0.25, -0.2) is 0 Å². The fraction of sp³-hybridized carbons (Fsp3) is 0.0909. The van der Waals surface area contributed by atoms with Crippen LogP contribution in [0.25, 0.3) is 0 Å². The molecule has 0 aliphatic heterocycles. The molecule has 0 aliphatic carbocycles. The van der Waals surface area contributed by atoms with Crippen LogP contribution in [0.4, 0.5) is 5.00 Å². The van der Waals surface area contributed by atoms with Crippen molar-refractivity contribution in [3.63, 3.8) is 0 Å². The molecule has 7 heteroatoms. The van der Waals surface area contributed by atoms with E-state index in [1.54, 1.807) is 23.6 Å². The van der Waals surface area contributed by atoms with Crippen molar-refractivity contribution in [2.45, 2.75) is 0 Å². The third kappa shape index (κ3) is 2.62. The molecule has 0 atom stereocenters. The van der Waals surface area contributed by atoms with Crippen LogP contribution in [0, 0.1) is 0 Å². The second kappa shape index (κ2) is 5.36. The maximum absolute atomic E-state index is 11.8. The van der Waals surface area contributed by atoms with E-state index in [-0.39, 0.29) is 11.7 Å². The lowest BCUT2D eigenvalue weighted by Crippen LogP contribution is -2.20. The average Bonchev–Trinajstić information content (AvgIpc) is 2.97. The van der Waals surface area contributed by atoms with E-state index < -0.39 is 5.91 Å². The molecule has 0 aromatic carbocycles. The molecular formula is C11H9BrN2O3S. The Bertz CT molecular complexity index is 591. The maximum atomic E-state index is 11.8. The van der Waals surface area contributed by atoms with Crippen molar-refractivity contribution in [1.29, 1.82) is 0 Å². The zero-order valence-electron chi connectivity index (χ0n) is 9.32. The lowest BCUT2D eigenvalue weighted by Gasteiger charge is -2.03. The molecule has 0 spiro atoms. The van der Waals surface area contributed by atoms with Crippen LogP contribution in [-0.2, 0) is 0 Å². The van der Waals surface area contributed by atoms with Crippen molar-refractivity contribution in [1.82, 2.24) is 5.32 Å². The molecule has 2 N–H and O–H groups in total. The van der Waals surface area contributed by atoms with Gasteiger partial charge in [0.1, 0.15) is 5.00 Å². The van der Waals surface area contributed by atoms with Crippen molar-refractivity contribution in [3.05, 3.63) is 39.6 Å². The number of hydrogen-bond acceptors (Lipinski definition) is 4. The molecule has 0 saturated carbocycles. The van der Waals surface area contributed by atoms with Gasteiger partial charge in [-0.05, 0) is 39.5 Å². The summed E-state index contributed by atoms with van der Waals surface area (Å²) in [5.41, 5.74) is 0.432. The standard InChI is InChI=1S/C11H9BrN2O3S/c1-13-9(15)6-4-5-18-11(6)14-10(16)7-2-3-8(12)17-7/h2-5H,1H3,(H,13,15)(H,14,16). The SMILES string of the molecule is CNC(=O)c1ccsc1NC(=O)c1ccc(Br)o1. The lowest BCUT2D eigenvalue weighted by molar-refractivity contribution is 0.0964. The van der Waals surface area contributed by atoms with Gasteiger partial charge < -0.3 is 15.1 Å². The molecule has 2 aromatic rings. The Kier molecular flexibility index (Phi) is 3.83. The number of thiophene rings is 1. The molecular weight excluding hydrogens is 320 g/mol. The normalized spacial score (nSPS) is 10.1. The van der Waals surface area contributed by atoms with Gasteiger partial charge in [0.15, 0.2) is 10.4 Å². The highest BCUT2D eigenvalue weighted by Crippen LogP contribution is 2.24. The predicted molar refractivity (Wildman–Crippen MR) is 72.1 cm³/mol. The van der Waals surface area contributed by atoms with Crippen LogP contribution in [-0.4, -0.2) is 18.9 Å². The molecule has 18 heavy (non-hydrogen) atoms. The highest BCUT2D eigenvalue weighted by atomic mass is 79.9. The van der Waals surface area contributed by atoms with Gasteiger partial charge in [0.05, 0.1) is 5.56 Å². The Morgan fingerprint density at radius 1 is 1.28 bits per heavy atom. The number of hydrogen-bond donors (Lipinski definition) is 2. The van der Waals surface area contributed by atoms with E-state index >= 15 is 0 Å². The van der Waals surface area contributed by atoms with Crippen LogP contribution in [0.5, 0.6) is 0 Å². The van der Waals surface area contributed by atoms with Gasteiger partial charge in [-0.3, -0.25) is 9.59 Å². The largest absolute Gasteiger partial charge is 0.444 e. The minimum atomic E-state index is -0.395. The van der Waals surface area contributed by atoms with Crippen LogP contribution in [0.1, 0.15) is 20.9 Å². The minimum absolute atomic E-state index is 0.179. The number of nitrogens with one attached hydrogen (secondary N) is 2. The van der Waals surface area contributed by atoms with Crippen molar-refractivity contribution >= 4 is 44.1 Å². The van der Waals surface area contributed by atoms with Crippen LogP contribution >= 0.6 is 27.3 Å². The quantitative estimate of drug-likeness (QED) is 0.909. The Morgan fingerprint density at radius 2 is 2.06 bits per heavy atom. The molecule has 94 valence electrons. The molecule has 2 amide bonds. The van der Waals surface area contributed by atoms with Crippen LogP contribution < -0.4 is 10.6 Å². The first-order chi connectivity index (χ1) is 8.61. The summed E-state index contributed by atoms with van der Waals surface area (Å²) >= 11 is 4.40. The first-order valence-electron chi connectivity index (χ1n) is 4.98. The van der Waals surface area contributed by atoms with Gasteiger partial charge in [-0.2, -0.15) is 0 Å². The van der Waals surface area contributed by atoms with Crippen molar-refractivity contribution in [2.24, 2.45) is 0 Å². The Morgan fingerprint density at radius 3 is 2.67 bits per heavy atom. The molecule has 2 aromatic heterocycles. The van der Waals surface area contributed by atoms with E-state index in [4.69, 9.17) is 4.42 Å². The fourth-order valence-electron chi connectivity index (χ4n) is 1.32. The summed E-state index contributed by atoms with van der Waals surface area (Å²) in [7, 11) is 1.54. The number of carbonyl (C=O) groups excluding carboxylic acids is 2. The molecule has 5 nitrogen and oxygen atoms in total. The topological polar surface area (TPSA) is 71.3 Å². The van der Waals surface area contributed by atoms with Crippen molar-refractivity contribution in [3.8, 4) is 0 Å². The predicted octanol–water partition coefficient (Wildman–Crippen LogP) is 2.72. The number of rotatable bonds is 3. The number of furan rings is 1. The molecule has 0 aliphatic rings. The fourth-order valence-corrected chi connectivity index (χ4v) is 2.41. The van der Waals surface area contributed by atoms with E-state index in [1.807, 2.05) is 0 Å². The monoisotopic (exact) mass is 328 g/mol. The maximum Gasteiger partial charge on any atom is 0.292 e. The smallest absolute Gasteiger partial charge is 0.292 e. The Hall–Kier alpha value is -1.60. The van der Waals surface area contributed by atoms with E-state index in [0.717, 1.165) is 0 Å². The second-order valence-corrected chi connectivity index (χ2v) is 5.00. The second-order valence-electron chi connectivity index (χ2n) is 3.30. The number of amides is 2. The number of anilines is 1. The van der Waals surface area contributed by atoms with Gasteiger partial charge in [0.2, 0.25) is 0 Å². The van der Waals surface area contributed by atoms with Crippen molar-refractivity contribution < 1.29 is 14.0 Å². The summed E-state index contributed by atoms with van der Waals surface area (Å²) in [6.07, 6.45) is 0. The first-order valence-corrected chi connectivity index (χ1v) is 6.65. The molecule has 0 saturated heterocycles. The summed E-state index contributed by atoms with van der Waals surface area (Å²) in [5, 5.41) is 7.38. The summed E-state index contributed by atoms with van der Waals surface area (Å²) in [5.74, 6) is -0.460. The lowest BCUT2D eigenvalue weighted by atomic mass is 10.3. The molecule has 0 fully saturated rings. The van der Waals surface area contributed by atoms with E-state index in [9.17, 15) is 9.59 Å². The average molecular weight is 329 g/mol. The summed E-state index contributed by atoms with van der Waals surface area (Å²) in [6.45, 7) is 0. The molecule has 2 rings (SSSR count). The highest BCUT2D eigenvalue weighted by Gasteiger charge is 2.16. The number of carbonyl (C=O) groups is 2. The van der Waals surface area contributed by atoms with E-state index in [1.165, 1.54) is 18.4 Å². The third-order valence-electron chi connectivity index (χ3n) is 2.16.